The Bertz CT molecular complexity index is 643. The van der Waals surface area contributed by atoms with Gasteiger partial charge in [0.15, 0.2) is 0 Å². The normalized spacial score (nSPS) is 10.3. The Labute approximate surface area is 131 Å². The fourth-order valence-electron chi connectivity index (χ4n) is 1.69. The second-order valence-corrected chi connectivity index (χ2v) is 5.80. The Balaban J connectivity index is 2.32. The molecule has 0 aliphatic carbocycles. The van der Waals surface area contributed by atoms with Gasteiger partial charge in [-0.1, -0.05) is 29.9 Å². The van der Waals surface area contributed by atoms with Gasteiger partial charge in [-0.25, -0.2) is 0 Å². The number of nitrogens with two attached hydrogens (primary N) is 1. The number of nitrogens with one attached hydrogen (secondary N) is 1. The molecule has 0 bridgehead atoms. The summed E-state index contributed by atoms with van der Waals surface area (Å²) < 4.78 is 0.865. The van der Waals surface area contributed by atoms with E-state index in [1.54, 1.807) is 0 Å². The Morgan fingerprint density at radius 1 is 1.32 bits per heavy atom. The molecular weight excluding hydrogens is 344 g/mol. The van der Waals surface area contributed by atoms with Crippen LogP contribution in [0, 0.1) is 6.92 Å². The maximum atomic E-state index is 6.10. The van der Waals surface area contributed by atoms with Gasteiger partial charge in [-0.15, -0.1) is 0 Å². The maximum Gasteiger partial charge on any atom is 0.105 e. The molecule has 0 atom stereocenters. The summed E-state index contributed by atoms with van der Waals surface area (Å²) in [6.07, 6.45) is 0. The molecule has 2 aromatic rings. The van der Waals surface area contributed by atoms with Crippen LogP contribution in [0.1, 0.15) is 11.1 Å². The molecule has 0 amide bonds. The van der Waals surface area contributed by atoms with Gasteiger partial charge >= 0.3 is 0 Å². The molecule has 0 radical (unpaired) electrons. The van der Waals surface area contributed by atoms with Gasteiger partial charge in [-0.05, 0) is 58.7 Å². The first-order chi connectivity index (χ1) is 8.99. The summed E-state index contributed by atoms with van der Waals surface area (Å²) >= 11 is 14.5. The molecule has 0 saturated carbocycles. The summed E-state index contributed by atoms with van der Waals surface area (Å²) in [5, 5.41) is 4.06. The SMILES string of the molecule is Cc1c(Cl)cccc1Nc1ccc(C(N)=S)c(Br)c1. The van der Waals surface area contributed by atoms with Crippen molar-refractivity contribution in [2.24, 2.45) is 5.73 Å². The van der Waals surface area contributed by atoms with Crippen molar-refractivity contribution in [1.29, 1.82) is 0 Å². The average Bonchev–Trinajstić information content (AvgIpc) is 2.34. The van der Waals surface area contributed by atoms with E-state index >= 15 is 0 Å². The van der Waals surface area contributed by atoms with Gasteiger partial charge in [0.25, 0.3) is 0 Å². The lowest BCUT2D eigenvalue weighted by molar-refractivity contribution is 1.42. The monoisotopic (exact) mass is 354 g/mol. The van der Waals surface area contributed by atoms with E-state index in [0.29, 0.717) is 4.99 Å². The van der Waals surface area contributed by atoms with Crippen LogP contribution in [-0.4, -0.2) is 4.99 Å². The molecule has 98 valence electrons. The summed E-state index contributed by atoms with van der Waals surface area (Å²) in [5.74, 6) is 0. The molecular formula is C14H12BrClN2S. The van der Waals surface area contributed by atoms with Crippen molar-refractivity contribution in [1.82, 2.24) is 0 Å². The van der Waals surface area contributed by atoms with Crippen LogP contribution in [0.4, 0.5) is 11.4 Å². The third-order valence-electron chi connectivity index (χ3n) is 2.78. The van der Waals surface area contributed by atoms with Gasteiger partial charge in [0.05, 0.1) is 0 Å². The third kappa shape index (κ3) is 3.26. The minimum Gasteiger partial charge on any atom is -0.389 e. The topological polar surface area (TPSA) is 38.0 Å². The first kappa shape index (κ1) is 14.3. The number of anilines is 2. The van der Waals surface area contributed by atoms with E-state index in [1.165, 1.54) is 0 Å². The lowest BCUT2D eigenvalue weighted by Gasteiger charge is -2.12. The first-order valence-electron chi connectivity index (χ1n) is 5.60. The van der Waals surface area contributed by atoms with Gasteiger partial charge in [0, 0.05) is 26.4 Å². The van der Waals surface area contributed by atoms with E-state index in [-0.39, 0.29) is 0 Å². The summed E-state index contributed by atoms with van der Waals surface area (Å²) in [7, 11) is 0. The van der Waals surface area contributed by atoms with Gasteiger partial charge < -0.3 is 11.1 Å². The van der Waals surface area contributed by atoms with Gasteiger partial charge in [0.1, 0.15) is 4.99 Å². The number of benzene rings is 2. The highest BCUT2D eigenvalue weighted by Crippen LogP contribution is 2.28. The standard InChI is InChI=1S/C14H12BrClN2S/c1-8-12(16)3-2-4-13(8)18-9-5-6-10(14(17)19)11(15)7-9/h2-7,18H,1H3,(H2,17,19). The van der Waals surface area contributed by atoms with Crippen molar-refractivity contribution in [2.75, 3.05) is 5.32 Å². The molecule has 3 N–H and O–H groups in total. The molecule has 0 saturated heterocycles. The molecule has 0 heterocycles. The minimum atomic E-state index is 0.373. The summed E-state index contributed by atoms with van der Waals surface area (Å²) in [4.78, 5) is 0.373. The quantitative estimate of drug-likeness (QED) is 0.778. The minimum absolute atomic E-state index is 0.373. The Kier molecular flexibility index (Phi) is 4.45. The average molecular weight is 356 g/mol. The zero-order valence-corrected chi connectivity index (χ0v) is 13.4. The van der Waals surface area contributed by atoms with E-state index < -0.39 is 0 Å². The van der Waals surface area contributed by atoms with E-state index in [9.17, 15) is 0 Å². The van der Waals surface area contributed by atoms with Gasteiger partial charge in [0.2, 0.25) is 0 Å². The number of rotatable bonds is 3. The Morgan fingerprint density at radius 3 is 2.68 bits per heavy atom. The molecule has 0 aliphatic rings. The maximum absolute atomic E-state index is 6.10. The fraction of sp³-hybridized carbons (Fsp3) is 0.0714. The largest absolute Gasteiger partial charge is 0.389 e. The third-order valence-corrected chi connectivity index (χ3v) is 4.07. The van der Waals surface area contributed by atoms with Crippen molar-refractivity contribution >= 4 is 56.1 Å². The zero-order chi connectivity index (χ0) is 14.0. The van der Waals surface area contributed by atoms with Crippen LogP contribution >= 0.6 is 39.7 Å². The number of hydrogen-bond acceptors (Lipinski definition) is 2. The van der Waals surface area contributed by atoms with Crippen molar-refractivity contribution < 1.29 is 0 Å². The van der Waals surface area contributed by atoms with E-state index in [2.05, 4.69) is 21.2 Å². The number of hydrogen-bond donors (Lipinski definition) is 2. The predicted octanol–water partition coefficient (Wildman–Crippen LogP) is 4.79. The van der Waals surface area contributed by atoms with Crippen molar-refractivity contribution in [3.05, 3.63) is 57.0 Å². The molecule has 0 aliphatic heterocycles. The van der Waals surface area contributed by atoms with E-state index in [4.69, 9.17) is 29.6 Å². The molecule has 0 aromatic heterocycles. The van der Waals surface area contributed by atoms with Crippen LogP contribution in [0.5, 0.6) is 0 Å². The Morgan fingerprint density at radius 2 is 2.05 bits per heavy atom. The van der Waals surface area contributed by atoms with E-state index in [0.717, 1.165) is 32.0 Å². The van der Waals surface area contributed by atoms with Crippen LogP contribution < -0.4 is 11.1 Å². The summed E-state index contributed by atoms with van der Waals surface area (Å²) in [6.45, 7) is 1.98. The van der Waals surface area contributed by atoms with Crippen molar-refractivity contribution in [3.8, 4) is 0 Å². The molecule has 19 heavy (non-hydrogen) atoms. The molecule has 0 unspecified atom stereocenters. The van der Waals surface area contributed by atoms with Crippen LogP contribution in [-0.2, 0) is 0 Å². The lowest BCUT2D eigenvalue weighted by Crippen LogP contribution is -2.10. The van der Waals surface area contributed by atoms with Crippen LogP contribution in [0.15, 0.2) is 40.9 Å². The van der Waals surface area contributed by atoms with Gasteiger partial charge in [-0.2, -0.15) is 0 Å². The van der Waals surface area contributed by atoms with Crippen molar-refractivity contribution in [2.45, 2.75) is 6.92 Å². The number of thiocarbonyl (C=S) groups is 1. The molecule has 5 heteroatoms. The lowest BCUT2D eigenvalue weighted by atomic mass is 10.1. The fourth-order valence-corrected chi connectivity index (χ4v) is 2.77. The molecule has 2 nitrogen and oxygen atoms in total. The highest BCUT2D eigenvalue weighted by molar-refractivity contribution is 9.10. The smallest absolute Gasteiger partial charge is 0.105 e. The first-order valence-corrected chi connectivity index (χ1v) is 7.18. The second-order valence-electron chi connectivity index (χ2n) is 4.10. The van der Waals surface area contributed by atoms with Crippen LogP contribution in [0.25, 0.3) is 0 Å². The predicted molar refractivity (Wildman–Crippen MR) is 89.5 cm³/mol. The molecule has 0 fully saturated rings. The highest BCUT2D eigenvalue weighted by atomic mass is 79.9. The van der Waals surface area contributed by atoms with Crippen LogP contribution in [0.2, 0.25) is 5.02 Å². The zero-order valence-electron chi connectivity index (χ0n) is 10.2. The summed E-state index contributed by atoms with van der Waals surface area (Å²) in [6, 6.07) is 11.5. The van der Waals surface area contributed by atoms with Gasteiger partial charge in [-0.3, -0.25) is 0 Å². The van der Waals surface area contributed by atoms with E-state index in [1.807, 2.05) is 43.3 Å². The molecule has 0 spiro atoms. The molecule has 2 aromatic carbocycles. The number of halogens is 2. The molecule has 2 rings (SSSR count). The van der Waals surface area contributed by atoms with Crippen molar-refractivity contribution in [3.63, 3.8) is 0 Å². The highest BCUT2D eigenvalue weighted by Gasteiger charge is 2.06. The Hall–Kier alpha value is -1.10. The van der Waals surface area contributed by atoms with Crippen LogP contribution in [0.3, 0.4) is 0 Å². The second kappa shape index (κ2) is 5.90. The summed E-state index contributed by atoms with van der Waals surface area (Å²) in [5.41, 5.74) is 9.38.